The first-order valence-corrected chi connectivity index (χ1v) is 10.0. The average molecular weight is 403 g/mol. The molecule has 1 aromatic carbocycles. The normalized spacial score (nSPS) is 22.9. The third kappa shape index (κ3) is 6.19. The molecule has 3 unspecified atom stereocenters. The van der Waals surface area contributed by atoms with Crippen LogP contribution in [0, 0.1) is 0 Å². The maximum Gasteiger partial charge on any atom is 0.227 e. The second-order valence-electron chi connectivity index (χ2n) is 8.42. The van der Waals surface area contributed by atoms with Crippen molar-refractivity contribution in [2.45, 2.75) is 59.0 Å². The monoisotopic (exact) mass is 402 g/mol. The van der Waals surface area contributed by atoms with Crippen molar-refractivity contribution in [2.75, 3.05) is 18.9 Å². The van der Waals surface area contributed by atoms with E-state index < -0.39 is 5.60 Å². The van der Waals surface area contributed by atoms with Gasteiger partial charge in [-0.2, -0.15) is 0 Å². The van der Waals surface area contributed by atoms with Gasteiger partial charge in [-0.25, -0.2) is 24.9 Å². The fourth-order valence-corrected chi connectivity index (χ4v) is 2.98. The summed E-state index contributed by atoms with van der Waals surface area (Å²) in [6.07, 6.45) is 3.50. The lowest BCUT2D eigenvalue weighted by Crippen LogP contribution is -2.25. The first-order valence-electron chi connectivity index (χ1n) is 10.0. The summed E-state index contributed by atoms with van der Waals surface area (Å²) in [5.74, 6) is 0.666. The number of benzene rings is 1. The molecule has 2 aromatic rings. The number of fused-ring (bicyclic) bond motifs is 1. The molecule has 0 bridgehead atoms. The molecule has 2 aliphatic heterocycles. The maximum atomic E-state index is 7.90. The zero-order chi connectivity index (χ0) is 21.0. The molecular formula is C21H34N6O2. The molecule has 0 aliphatic carbocycles. The van der Waals surface area contributed by atoms with Crippen molar-refractivity contribution in [1.82, 2.24) is 25.3 Å². The van der Waals surface area contributed by atoms with Crippen molar-refractivity contribution < 1.29 is 11.6 Å². The van der Waals surface area contributed by atoms with Crippen LogP contribution in [0.3, 0.4) is 0 Å². The number of hydrogen-bond donors (Lipinski definition) is 3. The minimum atomic E-state index is -0.403. The molecule has 1 aromatic heterocycles. The SMILES string of the molecule is CC(C)(C)OO.CC1N(C)N1Cc1ccc(Nc2ncc3c(n2)CNCC3)cc1.[HH]. The Bertz CT molecular complexity index is 804. The highest BCUT2D eigenvalue weighted by atomic mass is 17.1. The van der Waals surface area contributed by atoms with E-state index >= 15 is 0 Å². The quantitative estimate of drug-likeness (QED) is 0.408. The number of anilines is 2. The number of nitrogens with zero attached hydrogens (tertiary/aromatic N) is 4. The molecule has 3 heterocycles. The van der Waals surface area contributed by atoms with Crippen LogP contribution in [-0.4, -0.2) is 50.6 Å². The summed E-state index contributed by atoms with van der Waals surface area (Å²) in [4.78, 5) is 13.0. The molecule has 160 valence electrons. The van der Waals surface area contributed by atoms with Gasteiger partial charge in [-0.3, -0.25) is 5.26 Å². The molecule has 8 heteroatoms. The van der Waals surface area contributed by atoms with Crippen LogP contribution in [0.25, 0.3) is 0 Å². The molecule has 0 saturated carbocycles. The Balaban J connectivity index is 0.000000405. The molecule has 0 radical (unpaired) electrons. The van der Waals surface area contributed by atoms with E-state index in [9.17, 15) is 0 Å². The Morgan fingerprint density at radius 2 is 1.97 bits per heavy atom. The Morgan fingerprint density at radius 1 is 1.31 bits per heavy atom. The Kier molecular flexibility index (Phi) is 6.81. The first kappa shape index (κ1) is 21.6. The van der Waals surface area contributed by atoms with Gasteiger partial charge in [-0.1, -0.05) is 12.1 Å². The molecule has 8 nitrogen and oxygen atoms in total. The van der Waals surface area contributed by atoms with Crippen molar-refractivity contribution in [2.24, 2.45) is 0 Å². The van der Waals surface area contributed by atoms with Gasteiger partial charge < -0.3 is 10.6 Å². The molecule has 2 aliphatic rings. The van der Waals surface area contributed by atoms with E-state index in [1.807, 2.05) is 6.20 Å². The summed E-state index contributed by atoms with van der Waals surface area (Å²) in [5, 5.41) is 19.1. The third-order valence-electron chi connectivity index (χ3n) is 4.97. The van der Waals surface area contributed by atoms with Gasteiger partial charge >= 0.3 is 0 Å². The predicted molar refractivity (Wildman–Crippen MR) is 116 cm³/mol. The lowest BCUT2D eigenvalue weighted by Gasteiger charge is -2.16. The van der Waals surface area contributed by atoms with Crippen molar-refractivity contribution in [1.29, 1.82) is 0 Å². The van der Waals surface area contributed by atoms with Crippen LogP contribution in [0.5, 0.6) is 0 Å². The van der Waals surface area contributed by atoms with Gasteiger partial charge in [-0.15, -0.1) is 0 Å². The molecule has 3 N–H and O–H groups in total. The summed E-state index contributed by atoms with van der Waals surface area (Å²) < 4.78 is 0. The first-order chi connectivity index (χ1) is 13.8. The van der Waals surface area contributed by atoms with Gasteiger partial charge in [0.2, 0.25) is 5.95 Å². The Hall–Kier alpha value is -2.10. The summed E-state index contributed by atoms with van der Waals surface area (Å²) in [6, 6.07) is 8.48. The highest BCUT2D eigenvalue weighted by molar-refractivity contribution is 5.54. The number of rotatable bonds is 4. The lowest BCUT2D eigenvalue weighted by molar-refractivity contribution is -0.306. The number of nitrogens with one attached hydrogen (secondary N) is 2. The molecule has 0 spiro atoms. The smallest absolute Gasteiger partial charge is 0.227 e. The van der Waals surface area contributed by atoms with Gasteiger partial charge in [0.05, 0.1) is 17.5 Å². The predicted octanol–water partition coefficient (Wildman–Crippen LogP) is 3.39. The van der Waals surface area contributed by atoms with Crippen LogP contribution < -0.4 is 10.6 Å². The second kappa shape index (κ2) is 9.15. The summed E-state index contributed by atoms with van der Waals surface area (Å²) >= 11 is 0. The van der Waals surface area contributed by atoms with E-state index in [-0.39, 0.29) is 1.43 Å². The minimum Gasteiger partial charge on any atom is -0.324 e. The zero-order valence-corrected chi connectivity index (χ0v) is 17.9. The largest absolute Gasteiger partial charge is 0.324 e. The van der Waals surface area contributed by atoms with E-state index in [1.165, 1.54) is 11.1 Å². The van der Waals surface area contributed by atoms with Gasteiger partial charge in [-0.05, 0) is 63.9 Å². The number of hydrazine groups is 1. The average Bonchev–Trinajstić information content (AvgIpc) is 3.27. The highest BCUT2D eigenvalue weighted by Crippen LogP contribution is 2.26. The Labute approximate surface area is 174 Å². The van der Waals surface area contributed by atoms with Crippen LogP contribution in [-0.2, 0) is 24.4 Å². The van der Waals surface area contributed by atoms with E-state index in [0.29, 0.717) is 12.1 Å². The fraction of sp³-hybridized carbons (Fsp3) is 0.524. The molecule has 1 fully saturated rings. The van der Waals surface area contributed by atoms with E-state index in [1.54, 1.807) is 20.8 Å². The van der Waals surface area contributed by atoms with Crippen LogP contribution in [0.1, 0.15) is 45.9 Å². The summed E-state index contributed by atoms with van der Waals surface area (Å²) in [6.45, 7) is 10.3. The molecule has 3 atom stereocenters. The van der Waals surface area contributed by atoms with Gasteiger partial charge in [0.1, 0.15) is 0 Å². The second-order valence-corrected chi connectivity index (χ2v) is 8.42. The number of aromatic nitrogens is 2. The lowest BCUT2D eigenvalue weighted by atomic mass is 10.1. The molecule has 1 saturated heterocycles. The van der Waals surface area contributed by atoms with Crippen molar-refractivity contribution in [3.8, 4) is 0 Å². The van der Waals surface area contributed by atoms with Gasteiger partial charge in [0.25, 0.3) is 0 Å². The standard InChI is InChI=1S/C17H22N6.C4H10O2.H2/c1-12-22(2)23(12)11-13-3-5-15(6-4-13)20-17-19-9-14-7-8-18-10-16(14)21-17;1-4(2,3)6-5;/h3-6,9,12,18H,7-8,10-11H2,1-2H3,(H,19,20,21);5H,1-3H3;1H. The third-order valence-corrected chi connectivity index (χ3v) is 4.97. The van der Waals surface area contributed by atoms with Crippen LogP contribution in [0.2, 0.25) is 0 Å². The van der Waals surface area contributed by atoms with Crippen molar-refractivity contribution in [3.05, 3.63) is 47.3 Å². The van der Waals surface area contributed by atoms with Gasteiger partial charge in [0.15, 0.2) is 0 Å². The highest BCUT2D eigenvalue weighted by Gasteiger charge is 2.36. The van der Waals surface area contributed by atoms with Crippen molar-refractivity contribution in [3.63, 3.8) is 0 Å². The Morgan fingerprint density at radius 3 is 2.55 bits per heavy atom. The summed E-state index contributed by atoms with van der Waals surface area (Å²) in [7, 11) is 2.11. The van der Waals surface area contributed by atoms with Gasteiger partial charge in [0, 0.05) is 33.4 Å². The van der Waals surface area contributed by atoms with Crippen molar-refractivity contribution >= 4 is 11.6 Å². The zero-order valence-electron chi connectivity index (χ0n) is 17.9. The molecule has 0 amide bonds. The van der Waals surface area contributed by atoms with Crippen LogP contribution >= 0.6 is 0 Å². The summed E-state index contributed by atoms with van der Waals surface area (Å²) in [5.41, 5.74) is 4.28. The fourth-order valence-electron chi connectivity index (χ4n) is 2.98. The van der Waals surface area contributed by atoms with Crippen LogP contribution in [0.4, 0.5) is 11.6 Å². The maximum absolute atomic E-state index is 7.90. The molecule has 4 rings (SSSR count). The van der Waals surface area contributed by atoms with E-state index in [4.69, 9.17) is 5.26 Å². The molecule has 29 heavy (non-hydrogen) atoms. The minimum absolute atomic E-state index is 0. The number of hydrogen-bond acceptors (Lipinski definition) is 8. The molecular weight excluding hydrogens is 368 g/mol. The van der Waals surface area contributed by atoms with E-state index in [0.717, 1.165) is 37.4 Å². The topological polar surface area (TPSA) is 85.3 Å². The van der Waals surface area contributed by atoms with Crippen LogP contribution in [0.15, 0.2) is 30.5 Å². The van der Waals surface area contributed by atoms with E-state index in [2.05, 4.69) is 73.7 Å².